The van der Waals surface area contributed by atoms with Crippen molar-refractivity contribution < 1.29 is 28.6 Å². The molecule has 206 valence electrons. The zero-order valence-corrected chi connectivity index (χ0v) is 23.0. The van der Waals surface area contributed by atoms with Crippen LogP contribution >= 0.6 is 11.6 Å². The van der Waals surface area contributed by atoms with E-state index in [0.717, 1.165) is 16.0 Å². The molecule has 0 bridgehead atoms. The largest absolute Gasteiger partial charge is 0.494 e. The van der Waals surface area contributed by atoms with Gasteiger partial charge < -0.3 is 14.2 Å². The first-order chi connectivity index (χ1) is 19.3. The van der Waals surface area contributed by atoms with Gasteiger partial charge in [-0.25, -0.2) is 9.69 Å². The molecular formula is C31H29ClN2O6. The van der Waals surface area contributed by atoms with Gasteiger partial charge in [-0.3, -0.25) is 14.9 Å². The number of nitrogens with one attached hydrogen (secondary N) is 1. The number of nitrogens with zero attached hydrogens (tertiary/aromatic N) is 1. The number of hydrogen-bond donors (Lipinski definition) is 1. The lowest BCUT2D eigenvalue weighted by Gasteiger charge is -2.26. The number of allylic oxidation sites excluding steroid dienone is 1. The van der Waals surface area contributed by atoms with Crippen molar-refractivity contribution in [1.29, 1.82) is 0 Å². The molecule has 0 aromatic heterocycles. The third kappa shape index (κ3) is 6.52. The van der Waals surface area contributed by atoms with Gasteiger partial charge in [0.15, 0.2) is 11.5 Å². The molecule has 0 unspecified atom stereocenters. The molecule has 1 aliphatic rings. The maximum absolute atomic E-state index is 13.4. The van der Waals surface area contributed by atoms with Crippen LogP contribution in [0.4, 0.5) is 10.5 Å². The molecular weight excluding hydrogens is 532 g/mol. The van der Waals surface area contributed by atoms with Crippen molar-refractivity contribution in [2.45, 2.75) is 26.9 Å². The first-order valence-electron chi connectivity index (χ1n) is 12.8. The molecule has 1 N–H and O–H groups in total. The second-order valence-corrected chi connectivity index (χ2v) is 9.17. The quantitative estimate of drug-likeness (QED) is 0.173. The van der Waals surface area contributed by atoms with Gasteiger partial charge in [0, 0.05) is 10.6 Å². The molecule has 8 nitrogen and oxygen atoms in total. The van der Waals surface area contributed by atoms with E-state index >= 15 is 0 Å². The lowest BCUT2D eigenvalue weighted by Crippen LogP contribution is -2.54. The molecule has 40 heavy (non-hydrogen) atoms. The van der Waals surface area contributed by atoms with Crippen molar-refractivity contribution in [2.75, 3.05) is 18.1 Å². The number of barbiturate groups is 1. The van der Waals surface area contributed by atoms with Gasteiger partial charge in [0.25, 0.3) is 11.8 Å². The van der Waals surface area contributed by atoms with Crippen molar-refractivity contribution in [3.8, 4) is 17.2 Å². The Morgan fingerprint density at radius 2 is 1.62 bits per heavy atom. The van der Waals surface area contributed by atoms with E-state index in [2.05, 4.69) is 11.9 Å². The van der Waals surface area contributed by atoms with Crippen LogP contribution in [-0.4, -0.2) is 31.1 Å². The van der Waals surface area contributed by atoms with E-state index in [0.29, 0.717) is 53.2 Å². The molecule has 1 aliphatic heterocycles. The number of halogens is 1. The minimum Gasteiger partial charge on any atom is -0.494 e. The Hall–Kier alpha value is -4.56. The molecule has 0 spiro atoms. The van der Waals surface area contributed by atoms with Gasteiger partial charge in [-0.05, 0) is 86.0 Å². The lowest BCUT2D eigenvalue weighted by atomic mass is 10.0. The van der Waals surface area contributed by atoms with Crippen LogP contribution in [0.5, 0.6) is 17.2 Å². The number of benzene rings is 3. The number of anilines is 1. The first kappa shape index (κ1) is 28.4. The van der Waals surface area contributed by atoms with E-state index in [1.54, 1.807) is 54.6 Å². The molecule has 1 heterocycles. The van der Waals surface area contributed by atoms with Crippen LogP contribution in [0.1, 0.15) is 30.5 Å². The number of carbonyl (C=O) groups is 3. The van der Waals surface area contributed by atoms with Crippen molar-refractivity contribution in [3.63, 3.8) is 0 Å². The van der Waals surface area contributed by atoms with Gasteiger partial charge in [-0.2, -0.15) is 0 Å². The molecule has 9 heteroatoms. The fourth-order valence-electron chi connectivity index (χ4n) is 4.15. The van der Waals surface area contributed by atoms with Crippen LogP contribution in [0.2, 0.25) is 5.02 Å². The summed E-state index contributed by atoms with van der Waals surface area (Å²) in [6.45, 7) is 8.67. The van der Waals surface area contributed by atoms with E-state index in [-0.39, 0.29) is 12.2 Å². The third-order valence-electron chi connectivity index (χ3n) is 5.93. The minimum atomic E-state index is -0.829. The predicted octanol–water partition coefficient (Wildman–Crippen LogP) is 6.11. The third-order valence-corrected chi connectivity index (χ3v) is 6.19. The summed E-state index contributed by atoms with van der Waals surface area (Å²) in [7, 11) is 0. The molecule has 0 radical (unpaired) electrons. The van der Waals surface area contributed by atoms with E-state index in [1.165, 1.54) is 6.08 Å². The van der Waals surface area contributed by atoms with Crippen LogP contribution in [0.15, 0.2) is 78.9 Å². The average molecular weight is 561 g/mol. The van der Waals surface area contributed by atoms with Gasteiger partial charge in [-0.1, -0.05) is 29.8 Å². The number of rotatable bonds is 11. The molecule has 1 fully saturated rings. The second kappa shape index (κ2) is 13.0. The molecule has 1 saturated heterocycles. The summed E-state index contributed by atoms with van der Waals surface area (Å²) < 4.78 is 17.5. The number of ether oxygens (including phenoxy) is 3. The van der Waals surface area contributed by atoms with Crippen LogP contribution in [0.3, 0.4) is 0 Å². The summed E-state index contributed by atoms with van der Waals surface area (Å²) in [6.07, 6.45) is 3.61. The summed E-state index contributed by atoms with van der Waals surface area (Å²) >= 11 is 5.99. The van der Waals surface area contributed by atoms with Crippen molar-refractivity contribution in [3.05, 3.63) is 101 Å². The molecule has 4 rings (SSSR count). The summed E-state index contributed by atoms with van der Waals surface area (Å²) in [4.78, 5) is 39.7. The predicted molar refractivity (Wildman–Crippen MR) is 154 cm³/mol. The zero-order valence-electron chi connectivity index (χ0n) is 22.2. The topological polar surface area (TPSA) is 94.2 Å². The number of imide groups is 2. The Labute approximate surface area is 237 Å². The maximum Gasteiger partial charge on any atom is 0.335 e. The summed E-state index contributed by atoms with van der Waals surface area (Å²) in [6, 6.07) is 16.5. The second-order valence-electron chi connectivity index (χ2n) is 8.73. The van der Waals surface area contributed by atoms with Crippen LogP contribution < -0.4 is 24.4 Å². The van der Waals surface area contributed by atoms with E-state index in [9.17, 15) is 14.4 Å². The molecule has 0 atom stereocenters. The smallest absolute Gasteiger partial charge is 0.335 e. The fourth-order valence-corrected chi connectivity index (χ4v) is 4.28. The Morgan fingerprint density at radius 3 is 2.27 bits per heavy atom. The van der Waals surface area contributed by atoms with E-state index < -0.39 is 17.8 Å². The van der Waals surface area contributed by atoms with Gasteiger partial charge >= 0.3 is 6.03 Å². The Balaban J connectivity index is 1.68. The normalized spacial score (nSPS) is 14.2. The molecule has 3 aromatic carbocycles. The zero-order chi connectivity index (χ0) is 28.6. The number of amides is 4. The van der Waals surface area contributed by atoms with Gasteiger partial charge in [0.2, 0.25) is 0 Å². The highest BCUT2D eigenvalue weighted by Crippen LogP contribution is 2.36. The Kier molecular flexibility index (Phi) is 9.24. The van der Waals surface area contributed by atoms with Crippen LogP contribution in [0.25, 0.3) is 6.08 Å². The van der Waals surface area contributed by atoms with E-state index in [4.69, 9.17) is 25.8 Å². The molecule has 0 saturated carbocycles. The highest BCUT2D eigenvalue weighted by atomic mass is 35.5. The average Bonchev–Trinajstić information content (AvgIpc) is 2.93. The van der Waals surface area contributed by atoms with Crippen LogP contribution in [0, 0.1) is 0 Å². The number of hydrogen-bond acceptors (Lipinski definition) is 6. The number of urea groups is 1. The monoisotopic (exact) mass is 560 g/mol. The van der Waals surface area contributed by atoms with Gasteiger partial charge in [0.05, 0.1) is 18.9 Å². The standard InChI is InChI=1S/C31H29ClN2O6/c1-4-7-22-16-21(18-27(39-6-3)28(22)40-19-20-8-10-23(32)11-9-20)17-26-29(35)33-31(37)34(30(26)36)24-12-14-25(15-13-24)38-5-2/h4,8-18H,1,5-7,19H2,2-3H3,(H,33,35,37)/b26-17+. The van der Waals surface area contributed by atoms with Gasteiger partial charge in [0.1, 0.15) is 17.9 Å². The number of carbonyl (C=O) groups excluding carboxylic acids is 3. The maximum atomic E-state index is 13.4. The van der Waals surface area contributed by atoms with E-state index in [1.807, 2.05) is 26.0 Å². The highest BCUT2D eigenvalue weighted by Gasteiger charge is 2.37. The lowest BCUT2D eigenvalue weighted by molar-refractivity contribution is -0.122. The molecule has 0 aliphatic carbocycles. The summed E-state index contributed by atoms with van der Waals surface area (Å²) in [5.74, 6) is 0.0439. The SMILES string of the molecule is C=CCc1cc(/C=C2\C(=O)NC(=O)N(c3ccc(OCC)cc3)C2=O)cc(OCC)c1OCc1ccc(Cl)cc1. The Morgan fingerprint density at radius 1 is 0.925 bits per heavy atom. The van der Waals surface area contributed by atoms with Gasteiger partial charge in [-0.15, -0.1) is 6.58 Å². The van der Waals surface area contributed by atoms with Crippen molar-refractivity contribution in [1.82, 2.24) is 5.32 Å². The fraction of sp³-hybridized carbons (Fsp3) is 0.194. The molecule has 4 amide bonds. The first-order valence-corrected chi connectivity index (χ1v) is 13.1. The highest BCUT2D eigenvalue weighted by molar-refractivity contribution is 6.39. The van der Waals surface area contributed by atoms with Crippen molar-refractivity contribution >= 4 is 41.2 Å². The minimum absolute atomic E-state index is 0.199. The van der Waals surface area contributed by atoms with Crippen molar-refractivity contribution in [2.24, 2.45) is 0 Å². The Bertz CT molecular complexity index is 1450. The van der Waals surface area contributed by atoms with Crippen LogP contribution in [-0.2, 0) is 22.6 Å². The molecule has 3 aromatic rings. The summed E-state index contributed by atoms with van der Waals surface area (Å²) in [5, 5.41) is 2.88. The summed E-state index contributed by atoms with van der Waals surface area (Å²) in [5.41, 5.74) is 2.31.